The molecule has 0 unspecified atom stereocenters. The van der Waals surface area contributed by atoms with Crippen LogP contribution in [-0.4, -0.2) is 45.9 Å². The molecular weight excluding hydrogens is 452 g/mol. The molecule has 0 aliphatic heterocycles. The minimum atomic E-state index is 0.684. The summed E-state index contributed by atoms with van der Waals surface area (Å²) in [4.78, 5) is 17.8. The Bertz CT molecular complexity index is 1160. The van der Waals surface area contributed by atoms with Crippen LogP contribution in [0.3, 0.4) is 0 Å². The van der Waals surface area contributed by atoms with Crippen LogP contribution in [0.25, 0.3) is 5.69 Å². The van der Waals surface area contributed by atoms with E-state index >= 15 is 0 Å². The van der Waals surface area contributed by atoms with Crippen LogP contribution in [0.15, 0.2) is 78.5 Å². The number of pyridine rings is 2. The first-order valence-electron chi connectivity index (χ1n) is 10.7. The van der Waals surface area contributed by atoms with E-state index in [0.717, 1.165) is 50.9 Å². The van der Waals surface area contributed by atoms with Crippen LogP contribution in [0, 0.1) is 6.92 Å². The third kappa shape index (κ3) is 5.86. The molecule has 8 heteroatoms. The molecule has 0 amide bonds. The summed E-state index contributed by atoms with van der Waals surface area (Å²) < 4.78 is 2.21. The van der Waals surface area contributed by atoms with Gasteiger partial charge in [0.2, 0.25) is 0 Å². The van der Waals surface area contributed by atoms with Crippen molar-refractivity contribution in [1.82, 2.24) is 19.5 Å². The summed E-state index contributed by atoms with van der Waals surface area (Å²) in [5, 5.41) is 1.68. The molecule has 0 bridgehead atoms. The molecule has 0 aliphatic carbocycles. The second-order valence-corrected chi connectivity index (χ2v) is 9.37. The molecule has 0 radical (unpaired) electrons. The van der Waals surface area contributed by atoms with Gasteiger partial charge in [-0.2, -0.15) is 0 Å². The monoisotopic (exact) mass is 478 g/mol. The normalized spacial score (nSPS) is 10.9. The van der Waals surface area contributed by atoms with Gasteiger partial charge in [-0.1, -0.05) is 29.4 Å². The molecule has 1 aromatic carbocycles. The molecule has 4 rings (SSSR count). The third-order valence-electron chi connectivity index (χ3n) is 5.33. The van der Waals surface area contributed by atoms with E-state index in [1.165, 1.54) is 0 Å². The predicted octanol–water partition coefficient (Wildman–Crippen LogP) is 5.49. The Morgan fingerprint density at radius 1 is 0.909 bits per heavy atom. The first-order chi connectivity index (χ1) is 16.0. The maximum Gasteiger partial charge on any atom is 0.172 e. The highest BCUT2D eigenvalue weighted by Crippen LogP contribution is 2.26. The van der Waals surface area contributed by atoms with Crippen molar-refractivity contribution in [3.8, 4) is 5.69 Å². The Morgan fingerprint density at radius 2 is 1.67 bits per heavy atom. The van der Waals surface area contributed by atoms with E-state index in [0.29, 0.717) is 6.54 Å². The molecule has 0 aliphatic rings. The summed E-state index contributed by atoms with van der Waals surface area (Å²) in [5.41, 5.74) is 4.43. The lowest BCUT2D eigenvalue weighted by Crippen LogP contribution is -2.21. The highest BCUT2D eigenvalue weighted by Gasteiger charge is 2.15. The van der Waals surface area contributed by atoms with Crippen LogP contribution in [0.1, 0.15) is 11.3 Å². The second kappa shape index (κ2) is 10.7. The molecule has 0 atom stereocenters. The van der Waals surface area contributed by atoms with Crippen LogP contribution in [0.2, 0.25) is 5.02 Å². The van der Waals surface area contributed by atoms with Crippen molar-refractivity contribution in [3.05, 3.63) is 89.6 Å². The van der Waals surface area contributed by atoms with Crippen LogP contribution in [-0.2, 0) is 6.54 Å². The minimum absolute atomic E-state index is 0.684. The van der Waals surface area contributed by atoms with Gasteiger partial charge in [-0.25, -0.2) is 9.97 Å². The smallest absolute Gasteiger partial charge is 0.172 e. The van der Waals surface area contributed by atoms with E-state index in [-0.39, 0.29) is 0 Å². The Labute approximate surface area is 204 Å². The maximum atomic E-state index is 6.15. The maximum absolute atomic E-state index is 6.15. The van der Waals surface area contributed by atoms with Crippen molar-refractivity contribution in [2.45, 2.75) is 18.6 Å². The molecule has 33 heavy (non-hydrogen) atoms. The van der Waals surface area contributed by atoms with Gasteiger partial charge < -0.3 is 9.80 Å². The van der Waals surface area contributed by atoms with Gasteiger partial charge in [-0.05, 0) is 55.0 Å². The average Bonchev–Trinajstić information content (AvgIpc) is 3.22. The van der Waals surface area contributed by atoms with Crippen molar-refractivity contribution >= 4 is 34.9 Å². The van der Waals surface area contributed by atoms with Crippen molar-refractivity contribution in [2.24, 2.45) is 0 Å². The number of benzene rings is 1. The number of hydrogen-bond acceptors (Lipinski definition) is 6. The minimum Gasteiger partial charge on any atom is -0.374 e. The van der Waals surface area contributed by atoms with Gasteiger partial charge in [0.25, 0.3) is 0 Å². The van der Waals surface area contributed by atoms with Gasteiger partial charge in [0.15, 0.2) is 5.16 Å². The van der Waals surface area contributed by atoms with Gasteiger partial charge >= 0.3 is 0 Å². The molecule has 0 spiro atoms. The lowest BCUT2D eigenvalue weighted by Gasteiger charge is -2.21. The molecule has 0 fully saturated rings. The van der Waals surface area contributed by atoms with Gasteiger partial charge in [-0.15, -0.1) is 0 Å². The third-order valence-corrected chi connectivity index (χ3v) is 6.52. The topological polar surface area (TPSA) is 50.1 Å². The molecule has 0 N–H and O–H groups in total. The van der Waals surface area contributed by atoms with E-state index in [1.807, 2.05) is 81.2 Å². The number of aromatic nitrogens is 4. The number of anilines is 2. The van der Waals surface area contributed by atoms with E-state index in [4.69, 9.17) is 16.6 Å². The standard InChI is InChI=1S/C25H27ClN6S/c1-19-4-9-24(28-16-19)31(3)18-23-17-29-25(32(23)22-7-5-20(26)6-8-22)33-15-14-30(2)21-10-12-27-13-11-21/h4-13,16-17H,14-15,18H2,1-3H3. The molecular formula is C25H27ClN6S. The van der Waals surface area contributed by atoms with E-state index in [2.05, 4.69) is 37.4 Å². The van der Waals surface area contributed by atoms with Crippen molar-refractivity contribution in [2.75, 3.05) is 36.2 Å². The Balaban J connectivity index is 1.53. The summed E-state index contributed by atoms with van der Waals surface area (Å²) in [6, 6.07) is 16.1. The zero-order valence-electron chi connectivity index (χ0n) is 19.0. The summed E-state index contributed by atoms with van der Waals surface area (Å²) in [5.74, 6) is 1.83. The highest BCUT2D eigenvalue weighted by molar-refractivity contribution is 7.99. The molecule has 3 heterocycles. The first-order valence-corrected chi connectivity index (χ1v) is 12.1. The quantitative estimate of drug-likeness (QED) is 0.296. The van der Waals surface area contributed by atoms with Crippen LogP contribution < -0.4 is 9.80 Å². The van der Waals surface area contributed by atoms with Crippen molar-refractivity contribution in [1.29, 1.82) is 0 Å². The van der Waals surface area contributed by atoms with Crippen molar-refractivity contribution < 1.29 is 0 Å². The molecule has 170 valence electrons. The summed E-state index contributed by atoms with van der Waals surface area (Å²) in [6.45, 7) is 3.62. The predicted molar refractivity (Wildman–Crippen MR) is 138 cm³/mol. The highest BCUT2D eigenvalue weighted by atomic mass is 35.5. The fourth-order valence-corrected chi connectivity index (χ4v) is 4.61. The number of aryl methyl sites for hydroxylation is 1. The number of nitrogens with zero attached hydrogens (tertiary/aromatic N) is 6. The fraction of sp³-hybridized carbons (Fsp3) is 0.240. The molecule has 6 nitrogen and oxygen atoms in total. The van der Waals surface area contributed by atoms with Crippen molar-refractivity contribution in [3.63, 3.8) is 0 Å². The molecule has 3 aromatic heterocycles. The van der Waals surface area contributed by atoms with Gasteiger partial charge in [0.05, 0.1) is 18.4 Å². The van der Waals surface area contributed by atoms with Crippen LogP contribution >= 0.6 is 23.4 Å². The first kappa shape index (κ1) is 23.1. The number of imidazole rings is 1. The lowest BCUT2D eigenvalue weighted by atomic mass is 10.3. The Morgan fingerprint density at radius 3 is 2.36 bits per heavy atom. The van der Waals surface area contributed by atoms with E-state index in [1.54, 1.807) is 11.8 Å². The average molecular weight is 479 g/mol. The number of hydrogen-bond donors (Lipinski definition) is 0. The Kier molecular flexibility index (Phi) is 7.52. The van der Waals surface area contributed by atoms with Crippen LogP contribution in [0.5, 0.6) is 0 Å². The number of halogens is 1. The van der Waals surface area contributed by atoms with Crippen LogP contribution in [0.4, 0.5) is 11.5 Å². The van der Waals surface area contributed by atoms with Gasteiger partial charge in [0.1, 0.15) is 5.82 Å². The fourth-order valence-electron chi connectivity index (χ4n) is 3.46. The zero-order valence-corrected chi connectivity index (χ0v) is 20.6. The van der Waals surface area contributed by atoms with E-state index < -0.39 is 0 Å². The lowest BCUT2D eigenvalue weighted by molar-refractivity contribution is 0.791. The van der Waals surface area contributed by atoms with Gasteiger partial charge in [-0.3, -0.25) is 9.55 Å². The van der Waals surface area contributed by atoms with E-state index in [9.17, 15) is 0 Å². The summed E-state index contributed by atoms with van der Waals surface area (Å²) in [7, 11) is 4.14. The molecule has 0 saturated carbocycles. The Hall–Kier alpha value is -3.03. The SMILES string of the molecule is Cc1ccc(N(C)Cc2cnc(SCCN(C)c3ccncc3)n2-c2ccc(Cl)cc2)nc1. The number of thioether (sulfide) groups is 1. The molecule has 0 saturated heterocycles. The molecule has 4 aromatic rings. The largest absolute Gasteiger partial charge is 0.374 e. The summed E-state index contributed by atoms with van der Waals surface area (Å²) >= 11 is 7.89. The second-order valence-electron chi connectivity index (χ2n) is 7.87. The van der Waals surface area contributed by atoms with Gasteiger partial charge in [0, 0.05) is 61.4 Å². The summed E-state index contributed by atoms with van der Waals surface area (Å²) in [6.07, 6.45) is 7.48. The number of rotatable bonds is 9. The zero-order chi connectivity index (χ0) is 23.2.